The lowest BCUT2D eigenvalue weighted by Crippen LogP contribution is -2.50. The van der Waals surface area contributed by atoms with Crippen molar-refractivity contribution in [3.05, 3.63) is 35.9 Å². The molecule has 112 valence electrons. The Labute approximate surface area is 128 Å². The number of hydrogen-bond donors (Lipinski definition) is 2. The molecule has 0 atom stereocenters. The van der Waals surface area contributed by atoms with Gasteiger partial charge in [0.25, 0.3) is 0 Å². The Morgan fingerprint density at radius 3 is 2.71 bits per heavy atom. The molecule has 0 bridgehead atoms. The predicted octanol–water partition coefficient (Wildman–Crippen LogP) is 2.38. The van der Waals surface area contributed by atoms with Gasteiger partial charge in [0, 0.05) is 5.02 Å². The maximum absolute atomic E-state index is 12.4. The van der Waals surface area contributed by atoms with Crippen LogP contribution in [0.2, 0.25) is 5.02 Å². The number of carbonyl (C=O) groups is 1. The number of rotatable bonds is 5. The Bertz CT molecular complexity index is 622. The van der Waals surface area contributed by atoms with Crippen LogP contribution >= 0.6 is 11.6 Å². The topological polar surface area (TPSA) is 85.8 Å². The third-order valence-corrected chi connectivity index (χ3v) is 3.82. The molecule has 7 heteroatoms. The Hall–Kier alpha value is -1.92. The second kappa shape index (κ2) is 6.24. The van der Waals surface area contributed by atoms with Gasteiger partial charge in [-0.2, -0.15) is 5.10 Å². The summed E-state index contributed by atoms with van der Waals surface area (Å²) >= 11 is 6.02. The van der Waals surface area contributed by atoms with Crippen LogP contribution in [0.1, 0.15) is 26.7 Å². The Kier molecular flexibility index (Phi) is 4.59. The SMILES string of the molecule is CCC(N)(CC)C(=O)Nc1cc(Cl)ccc1-n1cncn1. The maximum atomic E-state index is 12.4. The fraction of sp³-hybridized carbons (Fsp3) is 0.357. The molecule has 0 spiro atoms. The fourth-order valence-electron chi connectivity index (χ4n) is 1.96. The van der Waals surface area contributed by atoms with Crippen LogP contribution in [0.3, 0.4) is 0 Å². The van der Waals surface area contributed by atoms with Gasteiger partial charge in [0.15, 0.2) is 0 Å². The highest BCUT2D eigenvalue weighted by Gasteiger charge is 2.30. The standard InChI is InChI=1S/C14H18ClN5O/c1-3-14(16,4-2)13(21)19-11-7-10(15)5-6-12(11)20-9-17-8-18-20/h5-9H,3-4,16H2,1-2H3,(H,19,21). The van der Waals surface area contributed by atoms with Crippen molar-refractivity contribution in [3.63, 3.8) is 0 Å². The molecule has 6 nitrogen and oxygen atoms in total. The molecule has 2 rings (SSSR count). The van der Waals surface area contributed by atoms with Gasteiger partial charge < -0.3 is 11.1 Å². The third-order valence-electron chi connectivity index (χ3n) is 3.59. The molecule has 1 heterocycles. The summed E-state index contributed by atoms with van der Waals surface area (Å²) < 4.78 is 1.56. The molecule has 3 N–H and O–H groups in total. The minimum Gasteiger partial charge on any atom is -0.323 e. The molecule has 0 aliphatic carbocycles. The Balaban J connectivity index is 2.36. The van der Waals surface area contributed by atoms with E-state index < -0.39 is 5.54 Å². The number of anilines is 1. The summed E-state index contributed by atoms with van der Waals surface area (Å²) in [4.78, 5) is 16.3. The maximum Gasteiger partial charge on any atom is 0.244 e. The van der Waals surface area contributed by atoms with E-state index in [4.69, 9.17) is 17.3 Å². The van der Waals surface area contributed by atoms with Gasteiger partial charge in [0.05, 0.1) is 16.9 Å². The van der Waals surface area contributed by atoms with Crippen LogP contribution in [0, 0.1) is 0 Å². The molecule has 0 saturated heterocycles. The number of halogens is 1. The quantitative estimate of drug-likeness (QED) is 0.888. The van der Waals surface area contributed by atoms with Crippen LogP contribution in [-0.2, 0) is 4.79 Å². The lowest BCUT2D eigenvalue weighted by molar-refractivity contribution is -0.121. The van der Waals surface area contributed by atoms with Gasteiger partial charge in [-0.1, -0.05) is 25.4 Å². The first-order valence-electron chi connectivity index (χ1n) is 6.75. The largest absolute Gasteiger partial charge is 0.323 e. The van der Waals surface area contributed by atoms with Gasteiger partial charge in [-0.3, -0.25) is 4.79 Å². The van der Waals surface area contributed by atoms with Gasteiger partial charge in [0.2, 0.25) is 5.91 Å². The zero-order chi connectivity index (χ0) is 15.5. The van der Waals surface area contributed by atoms with Crippen molar-refractivity contribution in [3.8, 4) is 5.69 Å². The summed E-state index contributed by atoms with van der Waals surface area (Å²) in [5.74, 6) is -0.240. The molecule has 1 aromatic carbocycles. The predicted molar refractivity (Wildman–Crippen MR) is 82.5 cm³/mol. The number of aromatic nitrogens is 3. The molecule has 21 heavy (non-hydrogen) atoms. The summed E-state index contributed by atoms with van der Waals surface area (Å²) in [6, 6.07) is 5.16. The summed E-state index contributed by atoms with van der Waals surface area (Å²) in [6.07, 6.45) is 4.07. The van der Waals surface area contributed by atoms with Crippen LogP contribution in [-0.4, -0.2) is 26.2 Å². The number of hydrogen-bond acceptors (Lipinski definition) is 4. The highest BCUT2D eigenvalue weighted by Crippen LogP contribution is 2.25. The molecule has 0 aliphatic heterocycles. The average Bonchev–Trinajstić information content (AvgIpc) is 3.00. The van der Waals surface area contributed by atoms with E-state index in [9.17, 15) is 4.79 Å². The average molecular weight is 308 g/mol. The summed E-state index contributed by atoms with van der Waals surface area (Å²) in [5, 5.41) is 7.43. The van der Waals surface area contributed by atoms with Gasteiger partial charge >= 0.3 is 0 Å². The summed E-state index contributed by atoms with van der Waals surface area (Å²) in [7, 11) is 0. The van der Waals surface area contributed by atoms with Gasteiger partial charge in [-0.15, -0.1) is 0 Å². The van der Waals surface area contributed by atoms with Crippen LogP contribution in [0.25, 0.3) is 5.69 Å². The van der Waals surface area contributed by atoms with Crippen LogP contribution in [0.4, 0.5) is 5.69 Å². The Morgan fingerprint density at radius 1 is 1.43 bits per heavy atom. The van der Waals surface area contributed by atoms with Gasteiger partial charge in [0.1, 0.15) is 12.7 Å². The zero-order valence-electron chi connectivity index (χ0n) is 12.0. The molecule has 1 amide bonds. The van der Waals surface area contributed by atoms with Crippen molar-refractivity contribution >= 4 is 23.2 Å². The smallest absolute Gasteiger partial charge is 0.244 e. The van der Waals surface area contributed by atoms with Gasteiger partial charge in [-0.05, 0) is 31.0 Å². The highest BCUT2D eigenvalue weighted by molar-refractivity contribution is 6.31. The first-order valence-corrected chi connectivity index (χ1v) is 7.13. The Morgan fingerprint density at radius 2 is 2.14 bits per heavy atom. The third kappa shape index (κ3) is 3.22. The first-order chi connectivity index (χ1) is 10.00. The van der Waals surface area contributed by atoms with Crippen molar-refractivity contribution in [1.29, 1.82) is 0 Å². The summed E-state index contributed by atoms with van der Waals surface area (Å²) in [5.41, 5.74) is 6.45. The minimum absolute atomic E-state index is 0.240. The highest BCUT2D eigenvalue weighted by atomic mass is 35.5. The van der Waals surface area contributed by atoms with Gasteiger partial charge in [-0.25, -0.2) is 9.67 Å². The second-order valence-corrected chi connectivity index (χ2v) is 5.26. The van der Waals surface area contributed by atoms with Crippen LogP contribution in [0.5, 0.6) is 0 Å². The van der Waals surface area contributed by atoms with E-state index in [2.05, 4.69) is 15.4 Å². The number of nitrogens with zero attached hydrogens (tertiary/aromatic N) is 3. The van der Waals surface area contributed by atoms with E-state index in [1.54, 1.807) is 29.2 Å². The lowest BCUT2D eigenvalue weighted by Gasteiger charge is -2.25. The number of carbonyl (C=O) groups excluding carboxylic acids is 1. The van der Waals surface area contributed by atoms with Crippen molar-refractivity contribution < 1.29 is 4.79 Å². The molecule has 0 aliphatic rings. The zero-order valence-corrected chi connectivity index (χ0v) is 12.8. The molecule has 0 fully saturated rings. The van der Waals surface area contributed by atoms with Crippen molar-refractivity contribution in [2.45, 2.75) is 32.2 Å². The molecular weight excluding hydrogens is 290 g/mol. The van der Waals surface area contributed by atoms with E-state index in [0.717, 1.165) is 0 Å². The van der Waals surface area contributed by atoms with Crippen LogP contribution < -0.4 is 11.1 Å². The first kappa shape index (κ1) is 15.5. The van der Waals surface area contributed by atoms with Crippen LogP contribution in [0.15, 0.2) is 30.9 Å². The van der Waals surface area contributed by atoms with E-state index in [-0.39, 0.29) is 5.91 Å². The summed E-state index contributed by atoms with van der Waals surface area (Å²) in [6.45, 7) is 3.78. The fourth-order valence-corrected chi connectivity index (χ4v) is 2.13. The molecular formula is C14H18ClN5O. The van der Waals surface area contributed by atoms with Crippen molar-refractivity contribution in [1.82, 2.24) is 14.8 Å². The molecule has 2 aromatic rings. The van der Waals surface area contributed by atoms with E-state index in [0.29, 0.717) is 29.2 Å². The molecule has 0 unspecified atom stereocenters. The minimum atomic E-state index is -0.901. The molecule has 0 saturated carbocycles. The number of amides is 1. The molecule has 1 aromatic heterocycles. The van der Waals surface area contributed by atoms with E-state index >= 15 is 0 Å². The molecule has 0 radical (unpaired) electrons. The van der Waals surface area contributed by atoms with Crippen molar-refractivity contribution in [2.24, 2.45) is 5.73 Å². The number of nitrogens with two attached hydrogens (primary N) is 1. The number of benzene rings is 1. The normalized spacial score (nSPS) is 11.4. The van der Waals surface area contributed by atoms with E-state index in [1.165, 1.54) is 6.33 Å². The lowest BCUT2D eigenvalue weighted by atomic mass is 9.93. The monoisotopic (exact) mass is 307 g/mol. The second-order valence-electron chi connectivity index (χ2n) is 4.82. The van der Waals surface area contributed by atoms with E-state index in [1.807, 2.05) is 13.8 Å². The number of nitrogens with one attached hydrogen (secondary N) is 1. The van der Waals surface area contributed by atoms with Crippen molar-refractivity contribution in [2.75, 3.05) is 5.32 Å².